The van der Waals surface area contributed by atoms with Gasteiger partial charge in [-0.05, 0) is 37.7 Å². The molecule has 2 aromatic carbocycles. The van der Waals surface area contributed by atoms with Gasteiger partial charge >= 0.3 is 0 Å². The molecule has 0 bridgehead atoms. The van der Waals surface area contributed by atoms with Crippen LogP contribution in [0.5, 0.6) is 0 Å². The molecule has 0 aliphatic heterocycles. The molecule has 2 rings (SSSR count). The summed E-state index contributed by atoms with van der Waals surface area (Å²) in [5, 5.41) is 0.445. The third-order valence-electron chi connectivity index (χ3n) is 3.72. The molecule has 0 atom stereocenters. The van der Waals surface area contributed by atoms with Gasteiger partial charge < -0.3 is 4.90 Å². The quantitative estimate of drug-likeness (QED) is 0.668. The Morgan fingerprint density at radius 1 is 0.960 bits per heavy atom. The van der Waals surface area contributed by atoms with E-state index >= 15 is 0 Å². The molecule has 0 amide bonds. The lowest BCUT2D eigenvalue weighted by atomic mass is 10.2. The summed E-state index contributed by atoms with van der Waals surface area (Å²) in [6.45, 7) is 2.04. The number of sulfonamides is 1. The molecule has 0 saturated heterocycles. The van der Waals surface area contributed by atoms with Gasteiger partial charge in [0, 0.05) is 13.1 Å². The summed E-state index contributed by atoms with van der Waals surface area (Å²) in [6.07, 6.45) is 1.94. The van der Waals surface area contributed by atoms with Crippen molar-refractivity contribution >= 4 is 39.7 Å². The second kappa shape index (κ2) is 10.0. The van der Waals surface area contributed by atoms with Gasteiger partial charge in [0.25, 0.3) is 0 Å². The van der Waals surface area contributed by atoms with Crippen LogP contribution in [0.4, 0.5) is 5.69 Å². The lowest BCUT2D eigenvalue weighted by Crippen LogP contribution is -2.33. The largest absolute Gasteiger partial charge is 0.302 e. The first-order valence-corrected chi connectivity index (χ1v) is 10.1. The molecule has 138 valence electrons. The van der Waals surface area contributed by atoms with Gasteiger partial charge in [0.05, 0.1) is 17.0 Å². The monoisotopic (exact) mass is 402 g/mol. The summed E-state index contributed by atoms with van der Waals surface area (Å²) in [6, 6.07) is 17.2. The minimum Gasteiger partial charge on any atom is -0.302 e. The molecule has 0 spiro atoms. The number of benzene rings is 2. The number of halogens is 2. The summed E-state index contributed by atoms with van der Waals surface area (Å²) in [5.74, 6) is 0. The molecule has 0 aliphatic rings. The fraction of sp³-hybridized carbons (Fsp3) is 0.333. The van der Waals surface area contributed by atoms with Crippen molar-refractivity contribution in [3.63, 3.8) is 0 Å². The van der Waals surface area contributed by atoms with Crippen LogP contribution >= 0.6 is 24.0 Å². The van der Waals surface area contributed by atoms with Crippen LogP contribution < -0.4 is 4.31 Å². The van der Waals surface area contributed by atoms with Gasteiger partial charge in [-0.15, -0.1) is 12.4 Å². The fourth-order valence-electron chi connectivity index (χ4n) is 2.58. The van der Waals surface area contributed by atoms with E-state index in [1.807, 2.05) is 25.2 Å². The van der Waals surface area contributed by atoms with Gasteiger partial charge in [0.2, 0.25) is 10.0 Å². The van der Waals surface area contributed by atoms with Crippen molar-refractivity contribution in [3.05, 3.63) is 65.2 Å². The maximum Gasteiger partial charge on any atom is 0.232 e. The molecule has 7 heteroatoms. The molecular formula is C18H24Cl2N2O2S. The third kappa shape index (κ3) is 6.86. The second-order valence-corrected chi connectivity index (χ2v) is 8.18. The molecular weight excluding hydrogens is 379 g/mol. The van der Waals surface area contributed by atoms with Crippen LogP contribution in [0, 0.1) is 0 Å². The van der Waals surface area contributed by atoms with Crippen LogP contribution in [-0.2, 0) is 16.6 Å². The molecule has 0 fully saturated rings. The topological polar surface area (TPSA) is 40.6 Å². The average molecular weight is 403 g/mol. The van der Waals surface area contributed by atoms with Gasteiger partial charge in [0.15, 0.2) is 0 Å². The Morgan fingerprint density at radius 3 is 2.16 bits per heavy atom. The van der Waals surface area contributed by atoms with Crippen molar-refractivity contribution in [2.45, 2.75) is 13.0 Å². The minimum atomic E-state index is -3.37. The predicted octanol–water partition coefficient (Wildman–Crippen LogP) is 4.05. The standard InChI is InChI=1S/C18H23ClN2O2S.ClH/c1-20(15-16-9-4-3-5-10-16)13-8-14-21(24(2,22)23)18-12-7-6-11-17(18)19;/h3-7,9-12H,8,13-15H2,1-2H3;1H. The zero-order valence-corrected chi connectivity index (χ0v) is 16.8. The molecule has 4 nitrogen and oxygen atoms in total. The highest BCUT2D eigenvalue weighted by atomic mass is 35.5. The van der Waals surface area contributed by atoms with E-state index < -0.39 is 10.0 Å². The van der Waals surface area contributed by atoms with Crippen LogP contribution in [0.3, 0.4) is 0 Å². The Labute approximate surface area is 161 Å². The van der Waals surface area contributed by atoms with E-state index in [9.17, 15) is 8.42 Å². The van der Waals surface area contributed by atoms with E-state index in [4.69, 9.17) is 11.6 Å². The molecule has 0 aromatic heterocycles. The minimum absolute atomic E-state index is 0. The van der Waals surface area contributed by atoms with E-state index in [-0.39, 0.29) is 12.4 Å². The molecule has 0 heterocycles. The Balaban J connectivity index is 0.00000312. The lowest BCUT2D eigenvalue weighted by Gasteiger charge is -2.25. The van der Waals surface area contributed by atoms with E-state index in [1.165, 1.54) is 16.1 Å². The van der Waals surface area contributed by atoms with Crippen molar-refractivity contribution in [2.24, 2.45) is 0 Å². The van der Waals surface area contributed by atoms with Crippen LogP contribution in [0.15, 0.2) is 54.6 Å². The molecule has 0 N–H and O–H groups in total. The maximum absolute atomic E-state index is 12.1. The van der Waals surface area contributed by atoms with Crippen molar-refractivity contribution in [2.75, 3.05) is 30.7 Å². The SMILES string of the molecule is CN(CCCN(c1ccccc1Cl)S(C)(=O)=O)Cc1ccccc1.Cl. The normalized spacial score (nSPS) is 11.2. The number of anilines is 1. The first-order valence-electron chi connectivity index (χ1n) is 7.82. The first kappa shape index (κ1) is 21.8. The summed E-state index contributed by atoms with van der Waals surface area (Å²) >= 11 is 6.16. The average Bonchev–Trinajstić information content (AvgIpc) is 2.52. The Bertz CT molecular complexity index is 755. The highest BCUT2D eigenvalue weighted by molar-refractivity contribution is 7.92. The summed E-state index contributed by atoms with van der Waals surface area (Å²) in [7, 11) is -1.33. The van der Waals surface area contributed by atoms with E-state index in [0.29, 0.717) is 17.3 Å². The number of para-hydroxylation sites is 1. The Hall–Kier alpha value is -1.27. The Morgan fingerprint density at radius 2 is 1.56 bits per heavy atom. The van der Waals surface area contributed by atoms with Crippen LogP contribution in [0.1, 0.15) is 12.0 Å². The van der Waals surface area contributed by atoms with Gasteiger partial charge in [-0.1, -0.05) is 54.1 Å². The van der Waals surface area contributed by atoms with Crippen molar-refractivity contribution in [1.82, 2.24) is 4.90 Å². The van der Waals surface area contributed by atoms with Crippen molar-refractivity contribution in [1.29, 1.82) is 0 Å². The molecule has 0 aliphatic carbocycles. The van der Waals surface area contributed by atoms with Gasteiger partial charge in [-0.2, -0.15) is 0 Å². The summed E-state index contributed by atoms with van der Waals surface area (Å²) in [4.78, 5) is 2.18. The van der Waals surface area contributed by atoms with Gasteiger partial charge in [-0.25, -0.2) is 8.42 Å². The van der Waals surface area contributed by atoms with Crippen LogP contribution in [0.2, 0.25) is 5.02 Å². The first-order chi connectivity index (χ1) is 11.4. The smallest absolute Gasteiger partial charge is 0.232 e. The highest BCUT2D eigenvalue weighted by Crippen LogP contribution is 2.27. The van der Waals surface area contributed by atoms with E-state index in [0.717, 1.165) is 19.5 Å². The fourth-order valence-corrected chi connectivity index (χ4v) is 3.84. The number of nitrogens with zero attached hydrogens (tertiary/aromatic N) is 2. The molecule has 0 unspecified atom stereocenters. The van der Waals surface area contributed by atoms with Crippen molar-refractivity contribution < 1.29 is 8.42 Å². The lowest BCUT2D eigenvalue weighted by molar-refractivity contribution is 0.324. The summed E-state index contributed by atoms with van der Waals surface area (Å²) in [5.41, 5.74) is 1.78. The summed E-state index contributed by atoms with van der Waals surface area (Å²) < 4.78 is 25.6. The second-order valence-electron chi connectivity index (χ2n) is 5.86. The number of hydrogen-bond donors (Lipinski definition) is 0. The maximum atomic E-state index is 12.1. The number of rotatable bonds is 8. The van der Waals surface area contributed by atoms with E-state index in [2.05, 4.69) is 17.0 Å². The molecule has 0 saturated carbocycles. The van der Waals surface area contributed by atoms with Gasteiger partial charge in [0.1, 0.15) is 0 Å². The van der Waals surface area contributed by atoms with Gasteiger partial charge in [-0.3, -0.25) is 4.31 Å². The van der Waals surface area contributed by atoms with Crippen molar-refractivity contribution in [3.8, 4) is 0 Å². The van der Waals surface area contributed by atoms with Crippen LogP contribution in [-0.4, -0.2) is 39.7 Å². The molecule has 0 radical (unpaired) electrons. The highest BCUT2D eigenvalue weighted by Gasteiger charge is 2.19. The Kier molecular flexibility index (Phi) is 8.73. The molecule has 25 heavy (non-hydrogen) atoms. The molecule has 2 aromatic rings. The van der Waals surface area contributed by atoms with E-state index in [1.54, 1.807) is 24.3 Å². The van der Waals surface area contributed by atoms with Crippen LogP contribution in [0.25, 0.3) is 0 Å². The number of hydrogen-bond acceptors (Lipinski definition) is 3. The predicted molar refractivity (Wildman–Crippen MR) is 108 cm³/mol. The zero-order valence-electron chi connectivity index (χ0n) is 14.4. The third-order valence-corrected chi connectivity index (χ3v) is 5.22. The zero-order chi connectivity index (χ0) is 17.6.